The van der Waals surface area contributed by atoms with E-state index in [0.29, 0.717) is 18.8 Å². The van der Waals surface area contributed by atoms with Gasteiger partial charge in [0.15, 0.2) is 0 Å². The number of amides is 1. The number of hydrogen-bond donors (Lipinski definition) is 1. The molecule has 0 bridgehead atoms. The Hall–Kier alpha value is -2.14. The van der Waals surface area contributed by atoms with Crippen molar-refractivity contribution in [1.82, 2.24) is 19.9 Å². The minimum absolute atomic E-state index is 0.0575. The van der Waals surface area contributed by atoms with Crippen LogP contribution >= 0.6 is 11.6 Å². The summed E-state index contributed by atoms with van der Waals surface area (Å²) in [5.74, 6) is 1.17. The number of carbonyl (C=O) groups excluding carboxylic acids is 1. The van der Waals surface area contributed by atoms with Crippen LogP contribution in [0, 0.1) is 0 Å². The van der Waals surface area contributed by atoms with Crippen molar-refractivity contribution < 1.29 is 4.79 Å². The van der Waals surface area contributed by atoms with Crippen LogP contribution in [0.4, 0.5) is 0 Å². The number of para-hydroxylation sites is 1. The highest BCUT2D eigenvalue weighted by molar-refractivity contribution is 6.17. The van der Waals surface area contributed by atoms with Gasteiger partial charge in [-0.2, -0.15) is 0 Å². The van der Waals surface area contributed by atoms with Gasteiger partial charge in [0.1, 0.15) is 11.3 Å². The Balaban J connectivity index is 2.06. The predicted octanol–water partition coefficient (Wildman–Crippen LogP) is 2.38. The molecule has 2 aromatic heterocycles. The van der Waals surface area contributed by atoms with Crippen LogP contribution in [0.2, 0.25) is 0 Å². The molecule has 1 aliphatic heterocycles. The molecule has 3 heterocycles. The SMILES string of the molecule is O=C1CC(n2c(CCl)nc3cnc4ccccc4c32)CN1. The fourth-order valence-electron chi connectivity index (χ4n) is 3.03. The van der Waals surface area contributed by atoms with E-state index in [1.165, 1.54) is 0 Å². The van der Waals surface area contributed by atoms with Crippen molar-refractivity contribution in [1.29, 1.82) is 0 Å². The Kier molecular flexibility index (Phi) is 2.82. The summed E-state index contributed by atoms with van der Waals surface area (Å²) >= 11 is 6.06. The van der Waals surface area contributed by atoms with Crippen LogP contribution in [0.5, 0.6) is 0 Å². The van der Waals surface area contributed by atoms with Gasteiger partial charge in [0.25, 0.3) is 0 Å². The molecule has 1 atom stereocenters. The lowest BCUT2D eigenvalue weighted by Gasteiger charge is -2.14. The number of hydrogen-bond acceptors (Lipinski definition) is 3. The molecule has 1 aliphatic rings. The van der Waals surface area contributed by atoms with Crippen molar-refractivity contribution in [3.8, 4) is 0 Å². The van der Waals surface area contributed by atoms with Crippen LogP contribution in [0.1, 0.15) is 18.3 Å². The van der Waals surface area contributed by atoms with Crippen LogP contribution in [-0.4, -0.2) is 27.0 Å². The van der Waals surface area contributed by atoms with Crippen LogP contribution in [0.15, 0.2) is 30.5 Å². The largest absolute Gasteiger partial charge is 0.354 e. The number of fused-ring (bicyclic) bond motifs is 3. The maximum absolute atomic E-state index is 11.6. The van der Waals surface area contributed by atoms with Crippen molar-refractivity contribution in [3.63, 3.8) is 0 Å². The van der Waals surface area contributed by atoms with Gasteiger partial charge in [-0.05, 0) is 6.07 Å². The van der Waals surface area contributed by atoms with Gasteiger partial charge in [0, 0.05) is 18.4 Å². The number of imidazole rings is 1. The number of aromatic nitrogens is 3. The van der Waals surface area contributed by atoms with Crippen LogP contribution < -0.4 is 5.32 Å². The normalized spacial score (nSPS) is 18.5. The van der Waals surface area contributed by atoms with Crippen molar-refractivity contribution in [2.45, 2.75) is 18.3 Å². The van der Waals surface area contributed by atoms with Crippen molar-refractivity contribution in [3.05, 3.63) is 36.3 Å². The number of pyridine rings is 1. The Labute approximate surface area is 125 Å². The number of carbonyl (C=O) groups is 1. The quantitative estimate of drug-likeness (QED) is 0.739. The lowest BCUT2D eigenvalue weighted by Crippen LogP contribution is -2.16. The molecule has 4 rings (SSSR count). The van der Waals surface area contributed by atoms with E-state index >= 15 is 0 Å². The van der Waals surface area contributed by atoms with Crippen molar-refractivity contribution >= 4 is 39.4 Å². The first-order chi connectivity index (χ1) is 10.3. The first-order valence-corrected chi connectivity index (χ1v) is 7.38. The highest BCUT2D eigenvalue weighted by Crippen LogP contribution is 2.30. The predicted molar refractivity (Wildman–Crippen MR) is 81.3 cm³/mol. The smallest absolute Gasteiger partial charge is 0.222 e. The zero-order chi connectivity index (χ0) is 14.4. The molecule has 6 heteroatoms. The van der Waals surface area contributed by atoms with Gasteiger partial charge in [0.05, 0.1) is 29.2 Å². The summed E-state index contributed by atoms with van der Waals surface area (Å²) in [6, 6.07) is 8.02. The van der Waals surface area contributed by atoms with E-state index in [1.807, 2.05) is 24.3 Å². The van der Waals surface area contributed by atoms with Gasteiger partial charge < -0.3 is 9.88 Å². The number of rotatable bonds is 2. The van der Waals surface area contributed by atoms with E-state index in [1.54, 1.807) is 6.20 Å². The van der Waals surface area contributed by atoms with E-state index in [2.05, 4.69) is 19.9 Å². The summed E-state index contributed by atoms with van der Waals surface area (Å²) < 4.78 is 2.10. The van der Waals surface area contributed by atoms with Gasteiger partial charge in [0.2, 0.25) is 5.91 Å². The van der Waals surface area contributed by atoms with Crippen LogP contribution in [0.25, 0.3) is 21.9 Å². The molecule has 0 spiro atoms. The fraction of sp³-hybridized carbons (Fsp3) is 0.267. The highest BCUT2D eigenvalue weighted by atomic mass is 35.5. The van der Waals surface area contributed by atoms with E-state index in [9.17, 15) is 4.79 Å². The number of halogens is 1. The second-order valence-corrected chi connectivity index (χ2v) is 5.47. The zero-order valence-corrected chi connectivity index (χ0v) is 12.0. The van der Waals surface area contributed by atoms with Gasteiger partial charge in [-0.25, -0.2) is 4.98 Å². The molecule has 5 nitrogen and oxygen atoms in total. The van der Waals surface area contributed by atoms with E-state index in [-0.39, 0.29) is 11.9 Å². The van der Waals surface area contributed by atoms with E-state index in [4.69, 9.17) is 11.6 Å². The van der Waals surface area contributed by atoms with Gasteiger partial charge in [-0.3, -0.25) is 9.78 Å². The number of benzene rings is 1. The molecule has 21 heavy (non-hydrogen) atoms. The zero-order valence-electron chi connectivity index (χ0n) is 11.2. The van der Waals surface area contributed by atoms with Gasteiger partial charge in [-0.15, -0.1) is 11.6 Å². The number of nitrogens with one attached hydrogen (secondary N) is 1. The molecule has 0 saturated carbocycles. The van der Waals surface area contributed by atoms with E-state index < -0.39 is 0 Å². The lowest BCUT2D eigenvalue weighted by molar-refractivity contribution is -0.119. The Morgan fingerprint density at radius 3 is 2.95 bits per heavy atom. The third kappa shape index (κ3) is 1.88. The molecule has 0 aliphatic carbocycles. The molecule has 106 valence electrons. The van der Waals surface area contributed by atoms with Crippen molar-refractivity contribution in [2.75, 3.05) is 6.54 Å². The topological polar surface area (TPSA) is 59.8 Å². The molecule has 3 aromatic rings. The molecule has 1 saturated heterocycles. The first kappa shape index (κ1) is 12.6. The summed E-state index contributed by atoms with van der Waals surface area (Å²) in [4.78, 5) is 20.6. The average molecular weight is 301 g/mol. The molecule has 1 aromatic carbocycles. The first-order valence-electron chi connectivity index (χ1n) is 6.85. The summed E-state index contributed by atoms with van der Waals surface area (Å²) in [5, 5.41) is 3.92. The molecular weight excluding hydrogens is 288 g/mol. The third-order valence-corrected chi connectivity index (χ3v) is 4.18. The number of alkyl halides is 1. The summed E-state index contributed by atoms with van der Waals surface area (Å²) in [7, 11) is 0. The molecular formula is C15H13ClN4O. The monoisotopic (exact) mass is 300 g/mol. The molecule has 1 fully saturated rings. The minimum Gasteiger partial charge on any atom is -0.354 e. The molecule has 0 radical (unpaired) electrons. The maximum Gasteiger partial charge on any atom is 0.222 e. The summed E-state index contributed by atoms with van der Waals surface area (Å²) in [6.45, 7) is 0.616. The Morgan fingerprint density at radius 1 is 1.33 bits per heavy atom. The minimum atomic E-state index is 0.0575. The van der Waals surface area contributed by atoms with Gasteiger partial charge >= 0.3 is 0 Å². The van der Waals surface area contributed by atoms with Crippen LogP contribution in [0.3, 0.4) is 0 Å². The average Bonchev–Trinajstić information content (AvgIpc) is 3.10. The second-order valence-electron chi connectivity index (χ2n) is 5.20. The summed E-state index contributed by atoms with van der Waals surface area (Å²) in [5.41, 5.74) is 2.76. The fourth-order valence-corrected chi connectivity index (χ4v) is 3.22. The maximum atomic E-state index is 11.6. The highest BCUT2D eigenvalue weighted by Gasteiger charge is 2.27. The third-order valence-electron chi connectivity index (χ3n) is 3.94. The second kappa shape index (κ2) is 4.70. The van der Waals surface area contributed by atoms with E-state index in [0.717, 1.165) is 27.8 Å². The van der Waals surface area contributed by atoms with Crippen LogP contribution in [-0.2, 0) is 10.7 Å². The number of nitrogens with zero attached hydrogens (tertiary/aromatic N) is 3. The summed E-state index contributed by atoms with van der Waals surface area (Å²) in [6.07, 6.45) is 2.24. The van der Waals surface area contributed by atoms with Crippen molar-refractivity contribution in [2.24, 2.45) is 0 Å². The molecule has 1 amide bonds. The lowest BCUT2D eigenvalue weighted by atomic mass is 10.1. The Morgan fingerprint density at radius 2 is 2.19 bits per heavy atom. The molecule has 1 unspecified atom stereocenters. The standard InChI is InChI=1S/C15H13ClN4O/c16-6-13-19-12-8-17-11-4-2-1-3-10(11)15(12)20(13)9-5-14(21)18-7-9/h1-4,8-9H,5-7H2,(H,18,21). The van der Waals surface area contributed by atoms with Gasteiger partial charge in [-0.1, -0.05) is 18.2 Å². The molecule has 1 N–H and O–H groups in total. The Bertz CT molecular complexity index is 857.